The Bertz CT molecular complexity index is 1110. The number of nitrogens with one attached hydrogen (secondary N) is 1. The molecule has 0 saturated carbocycles. The molecule has 0 aliphatic carbocycles. The highest BCUT2D eigenvalue weighted by molar-refractivity contribution is 7.14. The zero-order chi connectivity index (χ0) is 25.5. The van der Waals surface area contributed by atoms with Crippen LogP contribution in [0.5, 0.6) is 5.75 Å². The molecule has 1 aliphatic rings. The maximum absolute atomic E-state index is 13.6. The second-order valence-corrected chi connectivity index (χ2v) is 9.90. The Balaban J connectivity index is 1.40. The molecule has 0 amide bonds. The molecule has 2 aromatic heterocycles. The predicted octanol–water partition coefficient (Wildman–Crippen LogP) is 6.28. The first-order valence-electron chi connectivity index (χ1n) is 12.2. The lowest BCUT2D eigenvalue weighted by molar-refractivity contribution is -0.138. The summed E-state index contributed by atoms with van der Waals surface area (Å²) in [4.78, 5) is 13.9. The molecule has 194 valence electrons. The number of halogens is 3. The average Bonchev–Trinajstić information content (AvgIpc) is 3.32. The minimum absolute atomic E-state index is 0.147. The number of hydrogen-bond donors (Lipinski definition) is 1. The van der Waals surface area contributed by atoms with Crippen LogP contribution in [0.3, 0.4) is 0 Å². The molecule has 0 atom stereocenters. The second kappa shape index (κ2) is 12.0. The predicted molar refractivity (Wildman–Crippen MR) is 138 cm³/mol. The molecule has 0 unspecified atom stereocenters. The minimum Gasteiger partial charge on any atom is -0.493 e. The smallest absolute Gasteiger partial charge is 0.420 e. The van der Waals surface area contributed by atoms with Gasteiger partial charge in [-0.3, -0.25) is 9.88 Å². The molecule has 6 nitrogen and oxygen atoms in total. The van der Waals surface area contributed by atoms with Gasteiger partial charge < -0.3 is 15.0 Å². The fourth-order valence-corrected chi connectivity index (χ4v) is 4.72. The molecule has 1 saturated heterocycles. The molecule has 0 spiro atoms. The second-order valence-electron chi connectivity index (χ2n) is 9.04. The lowest BCUT2D eigenvalue weighted by Gasteiger charge is -2.32. The van der Waals surface area contributed by atoms with Gasteiger partial charge in [0.2, 0.25) is 0 Å². The molecular formula is C26H32F3N5OS. The lowest BCUT2D eigenvalue weighted by atomic mass is 10.1. The first-order chi connectivity index (χ1) is 17.3. The Morgan fingerprint density at radius 3 is 2.58 bits per heavy atom. The first-order valence-corrected chi connectivity index (χ1v) is 13.1. The zero-order valence-corrected chi connectivity index (χ0v) is 21.5. The van der Waals surface area contributed by atoms with Crippen LogP contribution in [-0.4, -0.2) is 59.6 Å². The molecule has 1 aromatic carbocycles. The fourth-order valence-electron chi connectivity index (χ4n) is 3.98. The number of alkyl halides is 3. The van der Waals surface area contributed by atoms with Crippen LogP contribution in [0.4, 0.5) is 24.0 Å². The number of anilines is 2. The van der Waals surface area contributed by atoms with Crippen LogP contribution in [-0.2, 0) is 12.7 Å². The highest BCUT2D eigenvalue weighted by atomic mass is 32.1. The molecule has 1 aliphatic heterocycles. The van der Waals surface area contributed by atoms with E-state index in [0.29, 0.717) is 10.8 Å². The quantitative estimate of drug-likeness (QED) is 0.318. The van der Waals surface area contributed by atoms with Gasteiger partial charge in [0.05, 0.1) is 23.6 Å². The fraction of sp³-hybridized carbons (Fsp3) is 0.462. The van der Waals surface area contributed by atoms with Gasteiger partial charge in [0, 0.05) is 55.6 Å². The van der Waals surface area contributed by atoms with Crippen molar-refractivity contribution in [3.8, 4) is 17.0 Å². The normalized spacial score (nSPS) is 15.2. The summed E-state index contributed by atoms with van der Waals surface area (Å²) in [6.45, 7) is 7.30. The van der Waals surface area contributed by atoms with Crippen LogP contribution in [0.2, 0.25) is 0 Å². The minimum atomic E-state index is -4.51. The van der Waals surface area contributed by atoms with Crippen LogP contribution in [0.25, 0.3) is 11.3 Å². The summed E-state index contributed by atoms with van der Waals surface area (Å²) in [6.07, 6.45) is -0.0890. The van der Waals surface area contributed by atoms with Gasteiger partial charge in [-0.2, -0.15) is 13.2 Å². The summed E-state index contributed by atoms with van der Waals surface area (Å²) < 4.78 is 46.3. The molecular weight excluding hydrogens is 487 g/mol. The number of unbranched alkanes of at least 4 members (excludes halogenated alkanes) is 2. The van der Waals surface area contributed by atoms with Crippen molar-refractivity contribution < 1.29 is 17.9 Å². The molecule has 1 N–H and O–H groups in total. The summed E-state index contributed by atoms with van der Waals surface area (Å²) in [5.41, 5.74) is 2.13. The van der Waals surface area contributed by atoms with E-state index < -0.39 is 11.7 Å². The van der Waals surface area contributed by atoms with Crippen molar-refractivity contribution in [3.63, 3.8) is 0 Å². The van der Waals surface area contributed by atoms with Crippen molar-refractivity contribution in [1.29, 1.82) is 0 Å². The van der Waals surface area contributed by atoms with Crippen molar-refractivity contribution in [2.75, 3.05) is 45.2 Å². The van der Waals surface area contributed by atoms with Crippen LogP contribution >= 0.6 is 11.3 Å². The Hall–Kier alpha value is -2.69. The number of pyridine rings is 1. The first kappa shape index (κ1) is 26.4. The third-order valence-corrected chi connectivity index (χ3v) is 6.91. The molecule has 10 heteroatoms. The van der Waals surface area contributed by atoms with Crippen LogP contribution in [0.15, 0.2) is 41.9 Å². The number of benzene rings is 1. The maximum Gasteiger partial charge on any atom is 0.420 e. The summed E-state index contributed by atoms with van der Waals surface area (Å²) in [6, 6.07) is 8.03. The molecule has 0 radical (unpaired) electrons. The third kappa shape index (κ3) is 7.18. The largest absolute Gasteiger partial charge is 0.493 e. The van der Waals surface area contributed by atoms with Crippen LogP contribution in [0.1, 0.15) is 37.4 Å². The van der Waals surface area contributed by atoms with Crippen molar-refractivity contribution in [1.82, 2.24) is 19.8 Å². The number of thiazole rings is 1. The zero-order valence-electron chi connectivity index (χ0n) is 20.6. The average molecular weight is 520 g/mol. The summed E-state index contributed by atoms with van der Waals surface area (Å²) in [5, 5.41) is 5.38. The molecule has 3 heterocycles. The van der Waals surface area contributed by atoms with E-state index in [4.69, 9.17) is 4.74 Å². The highest BCUT2D eigenvalue weighted by Gasteiger charge is 2.34. The van der Waals surface area contributed by atoms with Crippen LogP contribution < -0.4 is 10.1 Å². The number of nitrogens with zero attached hydrogens (tertiary/aromatic N) is 4. The SMILES string of the molecule is CCCCCOc1ccc(Nc2nc(-c3ccc(CN4CCN(C)CC4)nc3)cs2)cc1C(F)(F)F. The number of piperazine rings is 1. The number of rotatable bonds is 10. The molecule has 36 heavy (non-hydrogen) atoms. The van der Waals surface area contributed by atoms with Crippen molar-refractivity contribution in [2.45, 2.75) is 38.9 Å². The van der Waals surface area contributed by atoms with E-state index >= 15 is 0 Å². The summed E-state index contributed by atoms with van der Waals surface area (Å²) in [7, 11) is 2.13. The van der Waals surface area contributed by atoms with E-state index in [2.05, 4.69) is 32.1 Å². The van der Waals surface area contributed by atoms with E-state index in [0.717, 1.165) is 75.0 Å². The Kier molecular flexibility index (Phi) is 8.81. The number of likely N-dealkylation sites (N-methyl/N-ethyl adjacent to an activating group) is 1. The van der Waals surface area contributed by atoms with E-state index in [9.17, 15) is 13.2 Å². The molecule has 1 fully saturated rings. The Morgan fingerprint density at radius 1 is 1.08 bits per heavy atom. The van der Waals surface area contributed by atoms with Crippen molar-refractivity contribution >= 4 is 22.2 Å². The van der Waals surface area contributed by atoms with Gasteiger partial charge in [-0.1, -0.05) is 19.8 Å². The monoisotopic (exact) mass is 519 g/mol. The van der Waals surface area contributed by atoms with Crippen molar-refractivity contribution in [2.24, 2.45) is 0 Å². The Labute approximate surface area is 214 Å². The van der Waals surface area contributed by atoms with Crippen LogP contribution in [0, 0.1) is 0 Å². The van der Waals surface area contributed by atoms with Gasteiger partial charge in [-0.25, -0.2) is 4.98 Å². The third-order valence-electron chi connectivity index (χ3n) is 6.15. The van der Waals surface area contributed by atoms with Gasteiger partial charge in [0.1, 0.15) is 5.75 Å². The number of ether oxygens (including phenoxy) is 1. The van der Waals surface area contributed by atoms with Crippen molar-refractivity contribution in [3.05, 3.63) is 53.2 Å². The topological polar surface area (TPSA) is 53.5 Å². The summed E-state index contributed by atoms with van der Waals surface area (Å²) in [5.74, 6) is -0.147. The van der Waals surface area contributed by atoms with Gasteiger partial charge in [-0.05, 0) is 43.8 Å². The highest BCUT2D eigenvalue weighted by Crippen LogP contribution is 2.39. The van der Waals surface area contributed by atoms with Gasteiger partial charge >= 0.3 is 6.18 Å². The van der Waals surface area contributed by atoms with E-state index in [1.54, 1.807) is 12.3 Å². The Morgan fingerprint density at radius 2 is 1.89 bits per heavy atom. The number of aromatic nitrogens is 2. The molecule has 4 rings (SSSR count). The standard InChI is InChI=1S/C26H32F3N5OS/c1-3-4-5-14-35-24-9-8-20(15-22(24)26(27,28)29)31-25-32-23(18-36-25)19-6-7-21(30-16-19)17-34-12-10-33(2)11-13-34/h6-9,15-16,18H,3-5,10-14,17H2,1-2H3,(H,31,32). The van der Waals surface area contributed by atoms with E-state index in [1.165, 1.54) is 17.4 Å². The lowest BCUT2D eigenvalue weighted by Crippen LogP contribution is -2.43. The molecule has 0 bridgehead atoms. The van der Waals surface area contributed by atoms with Gasteiger partial charge in [-0.15, -0.1) is 11.3 Å². The summed E-state index contributed by atoms with van der Waals surface area (Å²) >= 11 is 1.33. The van der Waals surface area contributed by atoms with Gasteiger partial charge in [0.15, 0.2) is 5.13 Å². The van der Waals surface area contributed by atoms with E-state index in [1.807, 2.05) is 24.4 Å². The van der Waals surface area contributed by atoms with E-state index in [-0.39, 0.29) is 12.4 Å². The molecule has 3 aromatic rings. The maximum atomic E-state index is 13.6. The number of hydrogen-bond acceptors (Lipinski definition) is 7. The van der Waals surface area contributed by atoms with Gasteiger partial charge in [0.25, 0.3) is 0 Å².